The van der Waals surface area contributed by atoms with Gasteiger partial charge in [0.25, 0.3) is 0 Å². The SMILES string of the molecule is CCN(C(=O)Cn1ccnn1)C1CCCCC1CN. The summed E-state index contributed by atoms with van der Waals surface area (Å²) in [7, 11) is 0. The molecule has 19 heavy (non-hydrogen) atoms. The lowest BCUT2D eigenvalue weighted by Gasteiger charge is -2.39. The largest absolute Gasteiger partial charge is 0.338 e. The van der Waals surface area contributed by atoms with Gasteiger partial charge in [0.1, 0.15) is 6.54 Å². The van der Waals surface area contributed by atoms with E-state index in [-0.39, 0.29) is 12.5 Å². The van der Waals surface area contributed by atoms with E-state index in [4.69, 9.17) is 5.73 Å². The average molecular weight is 265 g/mol. The second-order valence-corrected chi connectivity index (χ2v) is 5.13. The molecule has 2 rings (SSSR count). The number of rotatable bonds is 5. The Labute approximate surface area is 113 Å². The fourth-order valence-corrected chi connectivity index (χ4v) is 3.02. The Balaban J connectivity index is 2.03. The van der Waals surface area contributed by atoms with Crippen molar-refractivity contribution in [2.45, 2.75) is 45.2 Å². The highest BCUT2D eigenvalue weighted by Crippen LogP contribution is 2.28. The molecular formula is C13H23N5O. The predicted octanol–water partition coefficient (Wildman–Crippen LogP) is 0.644. The van der Waals surface area contributed by atoms with Gasteiger partial charge in [-0.05, 0) is 32.2 Å². The van der Waals surface area contributed by atoms with Gasteiger partial charge >= 0.3 is 0 Å². The third kappa shape index (κ3) is 3.32. The van der Waals surface area contributed by atoms with E-state index in [0.717, 1.165) is 19.4 Å². The molecule has 0 spiro atoms. The summed E-state index contributed by atoms with van der Waals surface area (Å²) in [6, 6.07) is 0.291. The summed E-state index contributed by atoms with van der Waals surface area (Å²) >= 11 is 0. The molecule has 2 unspecified atom stereocenters. The van der Waals surface area contributed by atoms with Gasteiger partial charge in [-0.25, -0.2) is 4.68 Å². The van der Waals surface area contributed by atoms with Crippen LogP contribution in [0.4, 0.5) is 0 Å². The van der Waals surface area contributed by atoms with Gasteiger partial charge in [0.15, 0.2) is 0 Å². The minimum absolute atomic E-state index is 0.110. The van der Waals surface area contributed by atoms with Crippen LogP contribution in [0.5, 0.6) is 0 Å². The maximum atomic E-state index is 12.4. The smallest absolute Gasteiger partial charge is 0.244 e. The lowest BCUT2D eigenvalue weighted by Crippen LogP contribution is -2.49. The molecular weight excluding hydrogens is 242 g/mol. The fraction of sp³-hybridized carbons (Fsp3) is 0.769. The molecule has 0 saturated heterocycles. The first-order valence-corrected chi connectivity index (χ1v) is 7.10. The number of hydrogen-bond donors (Lipinski definition) is 1. The molecule has 106 valence electrons. The van der Waals surface area contributed by atoms with E-state index in [1.807, 2.05) is 11.8 Å². The van der Waals surface area contributed by atoms with Gasteiger partial charge < -0.3 is 10.6 Å². The molecule has 0 aliphatic heterocycles. The van der Waals surface area contributed by atoms with Crippen LogP contribution in [0.15, 0.2) is 12.4 Å². The summed E-state index contributed by atoms with van der Waals surface area (Å²) < 4.78 is 1.57. The van der Waals surface area contributed by atoms with E-state index in [1.54, 1.807) is 17.1 Å². The molecule has 6 heteroatoms. The van der Waals surface area contributed by atoms with Crippen LogP contribution >= 0.6 is 0 Å². The minimum atomic E-state index is 0.110. The molecule has 1 fully saturated rings. The molecule has 6 nitrogen and oxygen atoms in total. The summed E-state index contributed by atoms with van der Waals surface area (Å²) in [5.74, 6) is 0.548. The topological polar surface area (TPSA) is 77.0 Å². The number of aromatic nitrogens is 3. The van der Waals surface area contributed by atoms with Gasteiger partial charge in [-0.2, -0.15) is 0 Å². The summed E-state index contributed by atoms with van der Waals surface area (Å²) in [4.78, 5) is 14.4. The molecule has 0 aromatic carbocycles. The minimum Gasteiger partial charge on any atom is -0.338 e. The lowest BCUT2D eigenvalue weighted by atomic mass is 9.83. The fourth-order valence-electron chi connectivity index (χ4n) is 3.02. The number of amides is 1. The molecule has 0 radical (unpaired) electrons. The maximum absolute atomic E-state index is 12.4. The summed E-state index contributed by atoms with van der Waals surface area (Å²) in [5.41, 5.74) is 5.86. The van der Waals surface area contributed by atoms with Crippen molar-refractivity contribution in [3.05, 3.63) is 12.4 Å². The van der Waals surface area contributed by atoms with Crippen molar-refractivity contribution in [2.75, 3.05) is 13.1 Å². The van der Waals surface area contributed by atoms with Gasteiger partial charge in [0.2, 0.25) is 5.91 Å². The van der Waals surface area contributed by atoms with Gasteiger partial charge in [-0.1, -0.05) is 18.1 Å². The van der Waals surface area contributed by atoms with Crippen LogP contribution < -0.4 is 5.73 Å². The number of carbonyl (C=O) groups excluding carboxylic acids is 1. The highest BCUT2D eigenvalue weighted by molar-refractivity contribution is 5.76. The average Bonchev–Trinajstić information content (AvgIpc) is 2.93. The van der Waals surface area contributed by atoms with Crippen molar-refractivity contribution in [1.82, 2.24) is 19.9 Å². The van der Waals surface area contributed by atoms with Crippen molar-refractivity contribution in [3.63, 3.8) is 0 Å². The van der Waals surface area contributed by atoms with E-state index in [2.05, 4.69) is 10.3 Å². The zero-order valence-electron chi connectivity index (χ0n) is 11.5. The van der Waals surface area contributed by atoms with Crippen molar-refractivity contribution >= 4 is 5.91 Å². The first-order valence-electron chi connectivity index (χ1n) is 7.10. The third-order valence-corrected chi connectivity index (χ3v) is 4.00. The van der Waals surface area contributed by atoms with Gasteiger partial charge in [-0.15, -0.1) is 5.10 Å². The number of hydrogen-bond acceptors (Lipinski definition) is 4. The van der Waals surface area contributed by atoms with Crippen molar-refractivity contribution in [3.8, 4) is 0 Å². The van der Waals surface area contributed by atoms with E-state index in [0.29, 0.717) is 18.5 Å². The van der Waals surface area contributed by atoms with Crippen LogP contribution in [0.25, 0.3) is 0 Å². The van der Waals surface area contributed by atoms with Crippen molar-refractivity contribution < 1.29 is 4.79 Å². The quantitative estimate of drug-likeness (QED) is 0.847. The molecule has 1 aromatic rings. The normalized spacial score (nSPS) is 23.3. The number of nitrogens with zero attached hydrogens (tertiary/aromatic N) is 4. The summed E-state index contributed by atoms with van der Waals surface area (Å²) in [6.45, 7) is 3.69. The molecule has 1 saturated carbocycles. The second kappa shape index (κ2) is 6.65. The van der Waals surface area contributed by atoms with Crippen molar-refractivity contribution in [2.24, 2.45) is 11.7 Å². The Kier molecular flexibility index (Phi) is 4.90. The van der Waals surface area contributed by atoms with Crippen LogP contribution in [0.2, 0.25) is 0 Å². The maximum Gasteiger partial charge on any atom is 0.244 e. The number of carbonyl (C=O) groups is 1. The zero-order chi connectivity index (χ0) is 13.7. The molecule has 2 N–H and O–H groups in total. The second-order valence-electron chi connectivity index (χ2n) is 5.13. The van der Waals surface area contributed by atoms with E-state index >= 15 is 0 Å². The first-order chi connectivity index (χ1) is 9.26. The standard InChI is InChI=1S/C13H23N5O/c1-2-18(12-6-4-3-5-11(12)9-14)13(19)10-17-8-7-15-16-17/h7-8,11-12H,2-6,9-10,14H2,1H3. The lowest BCUT2D eigenvalue weighted by molar-refractivity contribution is -0.136. The Bertz CT molecular complexity index is 392. The van der Waals surface area contributed by atoms with E-state index in [9.17, 15) is 4.79 Å². The molecule has 2 atom stereocenters. The molecule has 0 bridgehead atoms. The predicted molar refractivity (Wildman–Crippen MR) is 72.2 cm³/mol. The Hall–Kier alpha value is -1.43. The molecule has 1 aromatic heterocycles. The van der Waals surface area contributed by atoms with Crippen LogP contribution in [0.1, 0.15) is 32.6 Å². The van der Waals surface area contributed by atoms with Crippen molar-refractivity contribution in [1.29, 1.82) is 0 Å². The molecule has 1 amide bonds. The molecule has 1 heterocycles. The van der Waals surface area contributed by atoms with Crippen LogP contribution in [0.3, 0.4) is 0 Å². The third-order valence-electron chi connectivity index (χ3n) is 4.00. The summed E-state index contributed by atoms with van der Waals surface area (Å²) in [6.07, 6.45) is 7.93. The number of likely N-dealkylation sites (N-methyl/N-ethyl adjacent to an activating group) is 1. The Morgan fingerprint density at radius 1 is 1.47 bits per heavy atom. The van der Waals surface area contributed by atoms with Gasteiger partial charge in [0.05, 0.1) is 6.20 Å². The van der Waals surface area contributed by atoms with Crippen LogP contribution in [0, 0.1) is 5.92 Å². The van der Waals surface area contributed by atoms with E-state index in [1.165, 1.54) is 12.8 Å². The Morgan fingerprint density at radius 2 is 2.26 bits per heavy atom. The molecule has 1 aliphatic carbocycles. The summed E-state index contributed by atoms with van der Waals surface area (Å²) in [5, 5.41) is 7.58. The van der Waals surface area contributed by atoms with Crippen LogP contribution in [-0.2, 0) is 11.3 Å². The molecule has 1 aliphatic rings. The monoisotopic (exact) mass is 265 g/mol. The number of nitrogens with two attached hydrogens (primary N) is 1. The first kappa shape index (κ1) is 14.0. The van der Waals surface area contributed by atoms with Gasteiger partial charge in [0, 0.05) is 18.8 Å². The Morgan fingerprint density at radius 3 is 2.89 bits per heavy atom. The highest BCUT2D eigenvalue weighted by atomic mass is 16.2. The van der Waals surface area contributed by atoms with E-state index < -0.39 is 0 Å². The van der Waals surface area contributed by atoms with Gasteiger partial charge in [-0.3, -0.25) is 4.79 Å². The highest BCUT2D eigenvalue weighted by Gasteiger charge is 2.31. The van der Waals surface area contributed by atoms with Crippen LogP contribution in [-0.4, -0.2) is 44.9 Å². The zero-order valence-corrected chi connectivity index (χ0v) is 11.5.